The maximum Gasteiger partial charge on any atom is 0.170 e. The predicted molar refractivity (Wildman–Crippen MR) is 69.9 cm³/mol. The zero-order valence-corrected chi connectivity index (χ0v) is 11.1. The normalized spacial score (nSPS) is 26.5. The van der Waals surface area contributed by atoms with Crippen LogP contribution in [0.25, 0.3) is 0 Å². The second kappa shape index (κ2) is 5.21. The van der Waals surface area contributed by atoms with Gasteiger partial charge in [-0.3, -0.25) is 4.79 Å². The van der Waals surface area contributed by atoms with Gasteiger partial charge in [-0.25, -0.2) is 0 Å². The summed E-state index contributed by atoms with van der Waals surface area (Å²) >= 11 is 0. The van der Waals surface area contributed by atoms with Crippen molar-refractivity contribution in [3.8, 4) is 11.5 Å². The van der Waals surface area contributed by atoms with Gasteiger partial charge in [-0.15, -0.1) is 0 Å². The largest absolute Gasteiger partial charge is 0.497 e. The van der Waals surface area contributed by atoms with Crippen LogP contribution >= 0.6 is 0 Å². The van der Waals surface area contributed by atoms with E-state index in [1.807, 2.05) is 12.1 Å². The highest BCUT2D eigenvalue weighted by atomic mass is 16.5. The molecule has 0 radical (unpaired) electrons. The zero-order valence-electron chi connectivity index (χ0n) is 11.1. The van der Waals surface area contributed by atoms with E-state index in [2.05, 4.69) is 0 Å². The lowest BCUT2D eigenvalue weighted by molar-refractivity contribution is -0.00366. The van der Waals surface area contributed by atoms with Crippen LogP contribution in [0.1, 0.15) is 29.6 Å². The van der Waals surface area contributed by atoms with Crippen molar-refractivity contribution in [1.29, 1.82) is 0 Å². The van der Waals surface area contributed by atoms with E-state index in [1.165, 1.54) is 0 Å². The molecule has 1 aromatic rings. The molecule has 1 saturated heterocycles. The zero-order chi connectivity index (χ0) is 13.2. The smallest absolute Gasteiger partial charge is 0.170 e. The standard InChI is InChI=1S/C15H18O4/c1-17-11-4-5-14-12(7-11)13(16)8-15(19-14)10-3-2-6-18-9-10/h4-5,7,10,15H,2-3,6,8-9H2,1H3. The minimum Gasteiger partial charge on any atom is -0.497 e. The minimum atomic E-state index is -0.0475. The van der Waals surface area contributed by atoms with Crippen LogP contribution in [0, 0.1) is 5.92 Å². The van der Waals surface area contributed by atoms with E-state index < -0.39 is 0 Å². The molecule has 0 saturated carbocycles. The first-order valence-corrected chi connectivity index (χ1v) is 6.73. The second-order valence-corrected chi connectivity index (χ2v) is 5.12. The van der Waals surface area contributed by atoms with E-state index in [0.29, 0.717) is 36.0 Å². The van der Waals surface area contributed by atoms with E-state index >= 15 is 0 Å². The van der Waals surface area contributed by atoms with Crippen molar-refractivity contribution < 1.29 is 19.0 Å². The Labute approximate surface area is 112 Å². The number of hydrogen-bond donors (Lipinski definition) is 0. The van der Waals surface area contributed by atoms with Crippen LogP contribution in [-0.2, 0) is 4.74 Å². The molecule has 0 aromatic heterocycles. The molecule has 1 fully saturated rings. The molecule has 4 nitrogen and oxygen atoms in total. The van der Waals surface area contributed by atoms with Gasteiger partial charge in [-0.1, -0.05) is 0 Å². The van der Waals surface area contributed by atoms with Gasteiger partial charge in [0, 0.05) is 18.9 Å². The van der Waals surface area contributed by atoms with Crippen molar-refractivity contribution in [2.24, 2.45) is 5.92 Å². The first-order valence-electron chi connectivity index (χ1n) is 6.73. The van der Waals surface area contributed by atoms with Crippen molar-refractivity contribution in [1.82, 2.24) is 0 Å². The van der Waals surface area contributed by atoms with Crippen LogP contribution in [0.4, 0.5) is 0 Å². The summed E-state index contributed by atoms with van der Waals surface area (Å²) in [6, 6.07) is 5.40. The number of Topliss-reactive ketones (excluding diaryl/α,β-unsaturated/α-hetero) is 1. The van der Waals surface area contributed by atoms with Gasteiger partial charge in [-0.2, -0.15) is 0 Å². The Morgan fingerprint density at radius 2 is 2.26 bits per heavy atom. The number of carbonyl (C=O) groups is 1. The maximum atomic E-state index is 12.2. The Hall–Kier alpha value is -1.55. The van der Waals surface area contributed by atoms with E-state index in [1.54, 1.807) is 13.2 Å². The lowest BCUT2D eigenvalue weighted by Gasteiger charge is -2.33. The van der Waals surface area contributed by atoms with Gasteiger partial charge >= 0.3 is 0 Å². The average Bonchev–Trinajstić information content (AvgIpc) is 2.48. The van der Waals surface area contributed by atoms with E-state index in [9.17, 15) is 4.79 Å². The molecule has 0 spiro atoms. The lowest BCUT2D eigenvalue weighted by atomic mass is 9.89. The monoisotopic (exact) mass is 262 g/mol. The fraction of sp³-hybridized carbons (Fsp3) is 0.533. The molecule has 19 heavy (non-hydrogen) atoms. The van der Waals surface area contributed by atoms with Gasteiger partial charge in [0.25, 0.3) is 0 Å². The van der Waals surface area contributed by atoms with E-state index in [0.717, 1.165) is 19.4 Å². The SMILES string of the molecule is COc1ccc2c(c1)C(=O)CC(C1CCCOC1)O2. The summed E-state index contributed by atoms with van der Waals surface area (Å²) in [6.45, 7) is 1.52. The third-order valence-electron chi connectivity index (χ3n) is 3.87. The Morgan fingerprint density at radius 1 is 1.37 bits per heavy atom. The van der Waals surface area contributed by atoms with Gasteiger partial charge < -0.3 is 14.2 Å². The Morgan fingerprint density at radius 3 is 3.00 bits per heavy atom. The average molecular weight is 262 g/mol. The van der Waals surface area contributed by atoms with Gasteiger partial charge in [0.15, 0.2) is 5.78 Å². The Balaban J connectivity index is 1.81. The van der Waals surface area contributed by atoms with Crippen LogP contribution in [-0.4, -0.2) is 32.2 Å². The highest BCUT2D eigenvalue weighted by molar-refractivity contribution is 6.00. The topological polar surface area (TPSA) is 44.8 Å². The second-order valence-electron chi connectivity index (χ2n) is 5.12. The summed E-state index contributed by atoms with van der Waals surface area (Å²) in [7, 11) is 1.60. The molecule has 0 aliphatic carbocycles. The van der Waals surface area contributed by atoms with Crippen LogP contribution in [0.15, 0.2) is 18.2 Å². The van der Waals surface area contributed by atoms with Gasteiger partial charge in [0.2, 0.25) is 0 Å². The molecular formula is C15H18O4. The van der Waals surface area contributed by atoms with Crippen molar-refractivity contribution in [3.63, 3.8) is 0 Å². The molecule has 102 valence electrons. The highest BCUT2D eigenvalue weighted by Gasteiger charge is 2.33. The molecule has 2 aliphatic heterocycles. The predicted octanol–water partition coefficient (Wildman–Crippen LogP) is 2.46. The van der Waals surface area contributed by atoms with Gasteiger partial charge in [-0.05, 0) is 31.0 Å². The molecule has 1 aromatic carbocycles. The lowest BCUT2D eigenvalue weighted by Crippen LogP contribution is -2.38. The maximum absolute atomic E-state index is 12.2. The first-order chi connectivity index (χ1) is 9.28. The molecule has 2 heterocycles. The van der Waals surface area contributed by atoms with Gasteiger partial charge in [0.1, 0.15) is 17.6 Å². The molecule has 4 heteroatoms. The number of ketones is 1. The van der Waals surface area contributed by atoms with Gasteiger partial charge in [0.05, 0.1) is 19.3 Å². The summed E-state index contributed by atoms with van der Waals surface area (Å²) in [5.41, 5.74) is 0.632. The fourth-order valence-corrected chi connectivity index (χ4v) is 2.78. The molecule has 0 N–H and O–H groups in total. The van der Waals surface area contributed by atoms with Crippen LogP contribution in [0.2, 0.25) is 0 Å². The number of hydrogen-bond acceptors (Lipinski definition) is 4. The summed E-state index contributed by atoms with van der Waals surface area (Å²) < 4.78 is 16.6. The number of ether oxygens (including phenoxy) is 3. The van der Waals surface area contributed by atoms with Crippen molar-refractivity contribution in [2.45, 2.75) is 25.4 Å². The van der Waals surface area contributed by atoms with Crippen molar-refractivity contribution in [3.05, 3.63) is 23.8 Å². The Bertz CT molecular complexity index is 477. The highest BCUT2D eigenvalue weighted by Crippen LogP contribution is 2.34. The first kappa shape index (κ1) is 12.5. The summed E-state index contributed by atoms with van der Waals surface area (Å²) in [5, 5.41) is 0. The quantitative estimate of drug-likeness (QED) is 0.821. The van der Waals surface area contributed by atoms with Crippen LogP contribution in [0.3, 0.4) is 0 Å². The number of benzene rings is 1. The third kappa shape index (κ3) is 2.45. The van der Waals surface area contributed by atoms with E-state index in [4.69, 9.17) is 14.2 Å². The number of rotatable bonds is 2. The molecule has 2 aliphatic rings. The molecule has 3 rings (SSSR count). The minimum absolute atomic E-state index is 0.0475. The van der Waals surface area contributed by atoms with Crippen LogP contribution in [0.5, 0.6) is 11.5 Å². The number of carbonyl (C=O) groups excluding carboxylic acids is 1. The fourth-order valence-electron chi connectivity index (χ4n) is 2.78. The molecule has 0 amide bonds. The van der Waals surface area contributed by atoms with Crippen molar-refractivity contribution >= 4 is 5.78 Å². The Kier molecular flexibility index (Phi) is 3.42. The van der Waals surface area contributed by atoms with Crippen LogP contribution < -0.4 is 9.47 Å². The number of fused-ring (bicyclic) bond motifs is 1. The molecular weight excluding hydrogens is 244 g/mol. The number of methoxy groups -OCH3 is 1. The summed E-state index contributed by atoms with van der Waals surface area (Å²) in [5.74, 6) is 1.83. The van der Waals surface area contributed by atoms with E-state index in [-0.39, 0.29) is 11.9 Å². The molecule has 0 bridgehead atoms. The third-order valence-corrected chi connectivity index (χ3v) is 3.87. The molecule has 2 atom stereocenters. The van der Waals surface area contributed by atoms with Crippen molar-refractivity contribution in [2.75, 3.05) is 20.3 Å². The molecule has 2 unspecified atom stereocenters. The summed E-state index contributed by atoms with van der Waals surface area (Å²) in [4.78, 5) is 12.2. The summed E-state index contributed by atoms with van der Waals surface area (Å²) in [6.07, 6.45) is 2.51.